The average Bonchev–Trinajstić information content (AvgIpc) is 2.30. The summed E-state index contributed by atoms with van der Waals surface area (Å²) in [5, 5.41) is 19.1. The molecule has 78 valence electrons. The summed E-state index contributed by atoms with van der Waals surface area (Å²) >= 11 is 0. The van der Waals surface area contributed by atoms with Gasteiger partial charge in [0.25, 0.3) is 0 Å². The van der Waals surface area contributed by atoms with E-state index in [9.17, 15) is 10.4 Å². The van der Waals surface area contributed by atoms with Gasteiger partial charge >= 0.3 is 0 Å². The van der Waals surface area contributed by atoms with Gasteiger partial charge in [-0.25, -0.2) is 0 Å². The minimum atomic E-state index is -0.566. The van der Waals surface area contributed by atoms with Gasteiger partial charge in [0.05, 0.1) is 11.5 Å². The fourth-order valence-electron chi connectivity index (χ4n) is 2.04. The van der Waals surface area contributed by atoms with Gasteiger partial charge in [0.1, 0.15) is 5.75 Å². The molecule has 0 saturated carbocycles. The van der Waals surface area contributed by atoms with E-state index in [2.05, 4.69) is 6.07 Å². The number of ether oxygens (including phenoxy) is 1. The van der Waals surface area contributed by atoms with E-state index in [0.29, 0.717) is 26.1 Å². The van der Waals surface area contributed by atoms with Crippen LogP contribution in [0.4, 0.5) is 0 Å². The third-order valence-corrected chi connectivity index (χ3v) is 2.98. The highest BCUT2D eigenvalue weighted by molar-refractivity contribution is 5.43. The maximum Gasteiger partial charge on any atom is 0.120 e. The molecule has 0 atom stereocenters. The van der Waals surface area contributed by atoms with Crippen LogP contribution in [0.3, 0.4) is 0 Å². The topological polar surface area (TPSA) is 53.2 Å². The molecule has 1 fully saturated rings. The van der Waals surface area contributed by atoms with Crippen molar-refractivity contribution in [3.05, 3.63) is 29.8 Å². The van der Waals surface area contributed by atoms with Crippen molar-refractivity contribution in [3.8, 4) is 11.8 Å². The van der Waals surface area contributed by atoms with E-state index in [1.54, 1.807) is 12.1 Å². The number of rotatable bonds is 1. The zero-order valence-electron chi connectivity index (χ0n) is 8.44. The standard InChI is InChI=1S/C12H13NO2/c13-9-12(5-7-15-8-6-12)10-3-1-2-4-11(10)14/h1-4,14H,5-8H2. The smallest absolute Gasteiger partial charge is 0.120 e. The Labute approximate surface area is 88.9 Å². The van der Waals surface area contributed by atoms with Crippen molar-refractivity contribution in [1.82, 2.24) is 0 Å². The van der Waals surface area contributed by atoms with E-state index in [1.165, 1.54) is 0 Å². The van der Waals surface area contributed by atoms with Gasteiger partial charge in [-0.1, -0.05) is 18.2 Å². The molecule has 0 amide bonds. The molecule has 1 heterocycles. The Morgan fingerprint density at radius 2 is 1.93 bits per heavy atom. The summed E-state index contributed by atoms with van der Waals surface area (Å²) in [6, 6.07) is 9.40. The summed E-state index contributed by atoms with van der Waals surface area (Å²) < 4.78 is 5.26. The Hall–Kier alpha value is -1.53. The van der Waals surface area contributed by atoms with E-state index in [4.69, 9.17) is 4.74 Å². The molecule has 0 aromatic heterocycles. The Kier molecular flexibility index (Phi) is 2.61. The van der Waals surface area contributed by atoms with Crippen molar-refractivity contribution in [2.45, 2.75) is 18.3 Å². The Morgan fingerprint density at radius 3 is 2.53 bits per heavy atom. The number of aromatic hydroxyl groups is 1. The summed E-state index contributed by atoms with van der Waals surface area (Å²) in [5.74, 6) is 0.209. The van der Waals surface area contributed by atoms with Crippen LogP contribution in [0.1, 0.15) is 18.4 Å². The third kappa shape index (κ3) is 1.69. The van der Waals surface area contributed by atoms with Crippen LogP contribution < -0.4 is 0 Å². The molecule has 3 nitrogen and oxygen atoms in total. The number of phenols is 1. The van der Waals surface area contributed by atoms with Crippen LogP contribution in [0.15, 0.2) is 24.3 Å². The monoisotopic (exact) mass is 203 g/mol. The molecule has 0 aliphatic carbocycles. The molecular weight excluding hydrogens is 190 g/mol. The second kappa shape index (κ2) is 3.92. The van der Waals surface area contributed by atoms with Crippen molar-refractivity contribution in [3.63, 3.8) is 0 Å². The van der Waals surface area contributed by atoms with Gasteiger partial charge in [-0.15, -0.1) is 0 Å². The fourth-order valence-corrected chi connectivity index (χ4v) is 2.04. The Balaban J connectivity index is 2.42. The number of nitrogens with zero attached hydrogens (tertiary/aromatic N) is 1. The first-order valence-corrected chi connectivity index (χ1v) is 5.06. The van der Waals surface area contributed by atoms with Crippen LogP contribution in [0, 0.1) is 11.3 Å². The molecule has 0 unspecified atom stereocenters. The lowest BCUT2D eigenvalue weighted by Crippen LogP contribution is -2.32. The number of phenolic OH excluding ortho intramolecular Hbond substituents is 1. The number of hydrogen-bond donors (Lipinski definition) is 1. The SMILES string of the molecule is N#CC1(c2ccccc2O)CCOCC1. The van der Waals surface area contributed by atoms with Crippen molar-refractivity contribution < 1.29 is 9.84 Å². The molecule has 1 aromatic carbocycles. The van der Waals surface area contributed by atoms with Gasteiger partial charge in [-0.05, 0) is 18.9 Å². The average molecular weight is 203 g/mol. The largest absolute Gasteiger partial charge is 0.508 e. The zero-order valence-corrected chi connectivity index (χ0v) is 8.44. The van der Waals surface area contributed by atoms with Crippen molar-refractivity contribution >= 4 is 0 Å². The van der Waals surface area contributed by atoms with Gasteiger partial charge in [-0.2, -0.15) is 5.26 Å². The zero-order chi connectivity index (χ0) is 10.7. The van der Waals surface area contributed by atoms with E-state index in [0.717, 1.165) is 5.56 Å². The minimum Gasteiger partial charge on any atom is -0.508 e. The van der Waals surface area contributed by atoms with Crippen LogP contribution in [0.5, 0.6) is 5.75 Å². The summed E-state index contributed by atoms with van der Waals surface area (Å²) in [7, 11) is 0. The number of benzene rings is 1. The molecule has 0 spiro atoms. The van der Waals surface area contributed by atoms with Crippen molar-refractivity contribution in [2.24, 2.45) is 0 Å². The highest BCUT2D eigenvalue weighted by Gasteiger charge is 2.36. The molecule has 0 bridgehead atoms. The van der Waals surface area contributed by atoms with Crippen LogP contribution in [0.2, 0.25) is 0 Å². The summed E-state index contributed by atoms with van der Waals surface area (Å²) in [6.07, 6.45) is 1.31. The molecule has 1 N–H and O–H groups in total. The second-order valence-electron chi connectivity index (χ2n) is 3.82. The van der Waals surface area contributed by atoms with Gasteiger partial charge < -0.3 is 9.84 Å². The molecule has 0 radical (unpaired) electrons. The molecule has 1 aliphatic heterocycles. The number of nitriles is 1. The molecule has 1 saturated heterocycles. The lowest BCUT2D eigenvalue weighted by molar-refractivity contribution is 0.0669. The third-order valence-electron chi connectivity index (χ3n) is 2.98. The van der Waals surface area contributed by atoms with Gasteiger partial charge in [-0.3, -0.25) is 0 Å². The van der Waals surface area contributed by atoms with E-state index in [-0.39, 0.29) is 5.75 Å². The number of hydrogen-bond acceptors (Lipinski definition) is 3. The second-order valence-corrected chi connectivity index (χ2v) is 3.82. The van der Waals surface area contributed by atoms with Crippen LogP contribution in [0.25, 0.3) is 0 Å². The highest BCUT2D eigenvalue weighted by Crippen LogP contribution is 2.38. The Morgan fingerprint density at radius 1 is 1.27 bits per heavy atom. The van der Waals surface area contributed by atoms with E-state index >= 15 is 0 Å². The van der Waals surface area contributed by atoms with E-state index < -0.39 is 5.41 Å². The van der Waals surface area contributed by atoms with Crippen molar-refractivity contribution in [2.75, 3.05) is 13.2 Å². The molecule has 2 rings (SSSR count). The molecule has 3 heteroatoms. The predicted octanol–water partition coefficient (Wildman–Crippen LogP) is 1.96. The first kappa shape index (κ1) is 10.0. The molecule has 1 aliphatic rings. The highest BCUT2D eigenvalue weighted by atomic mass is 16.5. The van der Waals surface area contributed by atoms with Gasteiger partial charge in [0.2, 0.25) is 0 Å². The summed E-state index contributed by atoms with van der Waals surface area (Å²) in [4.78, 5) is 0. The maximum absolute atomic E-state index is 9.77. The van der Waals surface area contributed by atoms with Gasteiger partial charge in [0.15, 0.2) is 0 Å². The van der Waals surface area contributed by atoms with Crippen LogP contribution in [-0.4, -0.2) is 18.3 Å². The first-order valence-electron chi connectivity index (χ1n) is 5.06. The van der Waals surface area contributed by atoms with Crippen LogP contribution in [-0.2, 0) is 10.2 Å². The number of para-hydroxylation sites is 1. The first-order chi connectivity index (χ1) is 7.28. The molecule has 1 aromatic rings. The lowest BCUT2D eigenvalue weighted by Gasteiger charge is -2.31. The normalized spacial score (nSPS) is 19.4. The maximum atomic E-state index is 9.77. The quantitative estimate of drug-likeness (QED) is 0.759. The summed E-state index contributed by atoms with van der Waals surface area (Å²) in [6.45, 7) is 1.17. The van der Waals surface area contributed by atoms with Crippen molar-refractivity contribution in [1.29, 1.82) is 5.26 Å². The van der Waals surface area contributed by atoms with Crippen LogP contribution >= 0.6 is 0 Å². The predicted molar refractivity (Wildman–Crippen MR) is 55.5 cm³/mol. The minimum absolute atomic E-state index is 0.209. The Bertz CT molecular complexity index is 389. The van der Waals surface area contributed by atoms with E-state index in [1.807, 2.05) is 12.1 Å². The van der Waals surface area contributed by atoms with Gasteiger partial charge in [0, 0.05) is 18.8 Å². The summed E-state index contributed by atoms with van der Waals surface area (Å²) in [5.41, 5.74) is 0.166. The fraction of sp³-hybridized carbons (Fsp3) is 0.417. The molecule has 15 heavy (non-hydrogen) atoms. The molecular formula is C12H13NO2. The lowest BCUT2D eigenvalue weighted by atomic mass is 9.75.